The van der Waals surface area contributed by atoms with Crippen LogP contribution in [0.25, 0.3) is 11.3 Å². The van der Waals surface area contributed by atoms with E-state index >= 15 is 0 Å². The summed E-state index contributed by atoms with van der Waals surface area (Å²) < 4.78 is 0. The van der Waals surface area contributed by atoms with Gasteiger partial charge in [-0.2, -0.15) is 0 Å². The van der Waals surface area contributed by atoms with Crippen LogP contribution in [-0.2, 0) is 0 Å². The summed E-state index contributed by atoms with van der Waals surface area (Å²) in [6.45, 7) is 0. The van der Waals surface area contributed by atoms with Crippen molar-refractivity contribution in [3.05, 3.63) is 39.9 Å². The summed E-state index contributed by atoms with van der Waals surface area (Å²) in [5.74, 6) is -0.266. The van der Waals surface area contributed by atoms with Crippen molar-refractivity contribution < 1.29 is 5.11 Å². The number of nitrogens with zero attached hydrogens (tertiary/aromatic N) is 1. The van der Waals surface area contributed by atoms with Gasteiger partial charge in [-0.1, -0.05) is 12.1 Å². The first-order valence-electron chi connectivity index (χ1n) is 4.68. The number of hydrogen-bond acceptors (Lipinski definition) is 5. The van der Waals surface area contributed by atoms with E-state index in [4.69, 9.17) is 0 Å². The minimum absolute atomic E-state index is 0.266. The van der Waals surface area contributed by atoms with E-state index < -0.39 is 5.43 Å². The lowest BCUT2D eigenvalue weighted by atomic mass is 10.2. The first kappa shape index (κ1) is 10.6. The molecule has 2 N–H and O–H groups in total. The number of hydrogen-bond donors (Lipinski definition) is 2. The van der Waals surface area contributed by atoms with Crippen molar-refractivity contribution in [3.8, 4) is 17.0 Å². The van der Waals surface area contributed by atoms with Crippen molar-refractivity contribution in [1.82, 2.24) is 4.98 Å². The summed E-state index contributed by atoms with van der Waals surface area (Å²) in [7, 11) is 1.77. The summed E-state index contributed by atoms with van der Waals surface area (Å²) in [6.07, 6.45) is 0. The summed E-state index contributed by atoms with van der Waals surface area (Å²) in [5, 5.41) is 15.2. The minimum atomic E-state index is -0.404. The average molecular weight is 234 g/mol. The molecule has 0 radical (unpaired) electrons. The van der Waals surface area contributed by atoms with Crippen LogP contribution in [0, 0.1) is 0 Å². The number of anilines is 1. The highest BCUT2D eigenvalue weighted by Crippen LogP contribution is 2.28. The van der Waals surface area contributed by atoms with Gasteiger partial charge in [0.15, 0.2) is 10.9 Å². The Bertz CT molecular complexity index is 566. The zero-order valence-electron chi connectivity index (χ0n) is 8.60. The maximum atomic E-state index is 11.4. The molecule has 16 heavy (non-hydrogen) atoms. The van der Waals surface area contributed by atoms with E-state index in [0.29, 0.717) is 11.3 Å². The average Bonchev–Trinajstić information content (AvgIpc) is 2.70. The standard InChI is InChI=1S/C11H10N2O2S/c1-12-11-13-8(6-16-11)7-4-2-3-5-9(14)10(7)15/h2-6H,1H3,(H,12,13)(H,14,15). The van der Waals surface area contributed by atoms with E-state index in [1.807, 2.05) is 0 Å². The molecule has 0 spiro atoms. The number of rotatable bonds is 2. The largest absolute Gasteiger partial charge is 0.504 e. The van der Waals surface area contributed by atoms with Crippen LogP contribution in [0.4, 0.5) is 5.13 Å². The topological polar surface area (TPSA) is 62.2 Å². The van der Waals surface area contributed by atoms with E-state index in [9.17, 15) is 9.90 Å². The molecular weight excluding hydrogens is 224 g/mol. The summed E-state index contributed by atoms with van der Waals surface area (Å²) in [4.78, 5) is 15.6. The highest BCUT2D eigenvalue weighted by molar-refractivity contribution is 7.14. The molecule has 2 aromatic rings. The Balaban J connectivity index is 2.61. The Morgan fingerprint density at radius 2 is 2.12 bits per heavy atom. The lowest BCUT2D eigenvalue weighted by Gasteiger charge is -1.95. The third-order valence-corrected chi connectivity index (χ3v) is 2.96. The van der Waals surface area contributed by atoms with Crippen molar-refractivity contribution in [2.75, 3.05) is 12.4 Å². The lowest BCUT2D eigenvalue weighted by molar-refractivity contribution is 0.473. The second kappa shape index (κ2) is 4.32. The van der Waals surface area contributed by atoms with Crippen molar-refractivity contribution in [2.24, 2.45) is 0 Å². The Labute approximate surface area is 96.2 Å². The molecule has 0 fully saturated rings. The van der Waals surface area contributed by atoms with Crippen LogP contribution in [0.3, 0.4) is 0 Å². The second-order valence-corrected chi connectivity index (χ2v) is 3.99. The van der Waals surface area contributed by atoms with Gasteiger partial charge >= 0.3 is 0 Å². The van der Waals surface area contributed by atoms with Gasteiger partial charge in [0, 0.05) is 18.0 Å². The van der Waals surface area contributed by atoms with Gasteiger partial charge in [0.2, 0.25) is 5.43 Å². The first-order chi connectivity index (χ1) is 7.72. The number of nitrogens with one attached hydrogen (secondary N) is 1. The predicted octanol–water partition coefficient (Wildman–Crippen LogP) is 1.92. The van der Waals surface area contributed by atoms with Gasteiger partial charge in [-0.25, -0.2) is 4.98 Å². The molecule has 0 saturated carbocycles. The third kappa shape index (κ3) is 1.90. The molecule has 0 amide bonds. The van der Waals surface area contributed by atoms with Gasteiger partial charge in [-0.15, -0.1) is 11.3 Å². The normalized spacial score (nSPS) is 10.1. The fraction of sp³-hybridized carbons (Fsp3) is 0.0909. The van der Waals surface area contributed by atoms with Gasteiger partial charge in [0.1, 0.15) is 0 Å². The van der Waals surface area contributed by atoms with E-state index in [1.54, 1.807) is 30.6 Å². The lowest BCUT2D eigenvalue weighted by Crippen LogP contribution is -1.94. The first-order valence-corrected chi connectivity index (χ1v) is 5.56. The molecule has 0 atom stereocenters. The molecular formula is C11H10N2O2S. The summed E-state index contributed by atoms with van der Waals surface area (Å²) in [6, 6.07) is 6.29. The highest BCUT2D eigenvalue weighted by atomic mass is 32.1. The maximum Gasteiger partial charge on any atom is 0.220 e. The molecule has 2 rings (SSSR count). The number of aromatic nitrogens is 1. The molecule has 5 heteroatoms. The van der Waals surface area contributed by atoms with Crippen LogP contribution in [0.5, 0.6) is 5.75 Å². The molecule has 1 aromatic heterocycles. The molecule has 0 saturated heterocycles. The molecule has 4 nitrogen and oxygen atoms in total. The summed E-state index contributed by atoms with van der Waals surface area (Å²) in [5.41, 5.74) is 0.645. The SMILES string of the molecule is CNc1nc(-c2ccccc(=O)c2O)cs1. The molecule has 0 aliphatic rings. The number of thiazole rings is 1. The quantitative estimate of drug-likeness (QED) is 0.833. The zero-order valence-corrected chi connectivity index (χ0v) is 9.41. The van der Waals surface area contributed by atoms with Crippen LogP contribution in [0.1, 0.15) is 0 Å². The van der Waals surface area contributed by atoms with Gasteiger partial charge in [0.05, 0.1) is 5.69 Å². The molecule has 1 aromatic carbocycles. The maximum absolute atomic E-state index is 11.4. The summed E-state index contributed by atoms with van der Waals surface area (Å²) >= 11 is 1.42. The van der Waals surface area contributed by atoms with Crippen LogP contribution in [0.2, 0.25) is 0 Å². The van der Waals surface area contributed by atoms with Crippen molar-refractivity contribution in [3.63, 3.8) is 0 Å². The Hall–Kier alpha value is -1.88. The molecule has 0 aliphatic heterocycles. The second-order valence-electron chi connectivity index (χ2n) is 3.13. The van der Waals surface area contributed by atoms with Gasteiger partial charge in [-0.3, -0.25) is 4.79 Å². The molecule has 82 valence electrons. The Morgan fingerprint density at radius 1 is 1.38 bits per heavy atom. The van der Waals surface area contributed by atoms with Crippen molar-refractivity contribution >= 4 is 16.5 Å². The van der Waals surface area contributed by atoms with E-state index in [0.717, 1.165) is 5.13 Å². The van der Waals surface area contributed by atoms with Crippen LogP contribution >= 0.6 is 11.3 Å². The third-order valence-electron chi connectivity index (χ3n) is 2.10. The van der Waals surface area contributed by atoms with Crippen LogP contribution < -0.4 is 10.7 Å². The monoisotopic (exact) mass is 234 g/mol. The van der Waals surface area contributed by atoms with Gasteiger partial charge < -0.3 is 10.4 Å². The molecule has 0 bridgehead atoms. The smallest absolute Gasteiger partial charge is 0.220 e. The van der Waals surface area contributed by atoms with E-state index in [2.05, 4.69) is 10.3 Å². The number of aromatic hydroxyl groups is 1. The zero-order chi connectivity index (χ0) is 11.5. The van der Waals surface area contributed by atoms with Gasteiger partial charge in [0.25, 0.3) is 0 Å². The fourth-order valence-electron chi connectivity index (χ4n) is 1.30. The van der Waals surface area contributed by atoms with E-state index in [1.165, 1.54) is 17.4 Å². The highest BCUT2D eigenvalue weighted by Gasteiger charge is 2.09. The van der Waals surface area contributed by atoms with Crippen molar-refractivity contribution in [2.45, 2.75) is 0 Å². The van der Waals surface area contributed by atoms with Gasteiger partial charge in [-0.05, 0) is 12.1 Å². The minimum Gasteiger partial charge on any atom is -0.504 e. The molecule has 1 heterocycles. The Kier molecular flexibility index (Phi) is 2.87. The fourth-order valence-corrected chi connectivity index (χ4v) is 1.98. The van der Waals surface area contributed by atoms with E-state index in [-0.39, 0.29) is 5.75 Å². The van der Waals surface area contributed by atoms with Crippen molar-refractivity contribution in [1.29, 1.82) is 0 Å². The van der Waals surface area contributed by atoms with Crippen LogP contribution in [0.15, 0.2) is 34.4 Å². The van der Waals surface area contributed by atoms with Crippen LogP contribution in [-0.4, -0.2) is 17.1 Å². The molecule has 0 unspecified atom stereocenters. The predicted molar refractivity (Wildman–Crippen MR) is 65.0 cm³/mol. The molecule has 0 aliphatic carbocycles. The Morgan fingerprint density at radius 3 is 2.81 bits per heavy atom.